The zero-order chi connectivity index (χ0) is 10.8. The van der Waals surface area contributed by atoms with E-state index in [0.29, 0.717) is 13.0 Å². The highest BCUT2D eigenvalue weighted by atomic mass is 16.5. The van der Waals surface area contributed by atoms with Crippen molar-refractivity contribution in [2.24, 2.45) is 5.41 Å². The Morgan fingerprint density at radius 1 is 1.64 bits per heavy atom. The van der Waals surface area contributed by atoms with E-state index in [0.717, 1.165) is 6.42 Å². The number of cyclic esters (lactones) is 1. The molecule has 1 amide bonds. The van der Waals surface area contributed by atoms with Gasteiger partial charge in [0, 0.05) is 11.8 Å². The Morgan fingerprint density at radius 3 is 2.71 bits per heavy atom. The molecule has 1 fully saturated rings. The van der Waals surface area contributed by atoms with Crippen LogP contribution in [-0.2, 0) is 14.3 Å². The molecule has 0 radical (unpaired) electrons. The Labute approximate surface area is 84.0 Å². The summed E-state index contributed by atoms with van der Waals surface area (Å²) >= 11 is 0. The molecule has 0 unspecified atom stereocenters. The third-order valence-electron chi connectivity index (χ3n) is 2.74. The molecular weight excluding hydrogens is 182 g/mol. The Bertz CT molecular complexity index is 248. The van der Waals surface area contributed by atoms with E-state index in [9.17, 15) is 9.59 Å². The molecule has 0 aromatic rings. The molecule has 1 N–H and O–H groups in total. The van der Waals surface area contributed by atoms with Crippen molar-refractivity contribution in [1.29, 1.82) is 0 Å². The highest BCUT2D eigenvalue weighted by Crippen LogP contribution is 2.20. The second-order valence-corrected chi connectivity index (χ2v) is 4.22. The molecule has 0 bridgehead atoms. The Hall–Kier alpha value is -1.06. The summed E-state index contributed by atoms with van der Waals surface area (Å²) < 4.78 is 4.76. The standard InChI is InChI=1S/C10H17NO3/c1-4-10(2,3)9(13)11-7-5-6-14-8(7)12/h7H,4-6H2,1-3H3,(H,11,13)/t7-/m0/s1. The van der Waals surface area contributed by atoms with Crippen LogP contribution >= 0.6 is 0 Å². The maximum absolute atomic E-state index is 11.7. The second kappa shape index (κ2) is 3.98. The van der Waals surface area contributed by atoms with Gasteiger partial charge in [0.05, 0.1) is 6.61 Å². The van der Waals surface area contributed by atoms with Gasteiger partial charge in [-0.15, -0.1) is 0 Å². The lowest BCUT2D eigenvalue weighted by Crippen LogP contribution is -2.44. The normalized spacial score (nSPS) is 21.9. The van der Waals surface area contributed by atoms with E-state index in [-0.39, 0.29) is 11.9 Å². The van der Waals surface area contributed by atoms with Crippen molar-refractivity contribution in [3.63, 3.8) is 0 Å². The van der Waals surface area contributed by atoms with Gasteiger partial charge in [0.1, 0.15) is 6.04 Å². The summed E-state index contributed by atoms with van der Waals surface area (Å²) in [5.41, 5.74) is -0.414. The molecule has 14 heavy (non-hydrogen) atoms. The first-order chi connectivity index (χ1) is 6.47. The van der Waals surface area contributed by atoms with Crippen LogP contribution < -0.4 is 5.32 Å². The summed E-state index contributed by atoms with van der Waals surface area (Å²) in [5.74, 6) is -0.394. The van der Waals surface area contributed by atoms with E-state index in [1.807, 2.05) is 20.8 Å². The molecule has 0 aromatic heterocycles. The van der Waals surface area contributed by atoms with E-state index in [2.05, 4.69) is 5.32 Å². The van der Waals surface area contributed by atoms with E-state index in [4.69, 9.17) is 4.74 Å². The molecule has 0 saturated carbocycles. The Balaban J connectivity index is 2.52. The van der Waals surface area contributed by atoms with Crippen LogP contribution in [-0.4, -0.2) is 24.5 Å². The number of esters is 1. The van der Waals surface area contributed by atoms with Crippen molar-refractivity contribution in [2.75, 3.05) is 6.61 Å². The van der Waals surface area contributed by atoms with Crippen molar-refractivity contribution >= 4 is 11.9 Å². The van der Waals surface area contributed by atoms with E-state index < -0.39 is 11.5 Å². The van der Waals surface area contributed by atoms with Gasteiger partial charge >= 0.3 is 5.97 Å². The molecule has 1 heterocycles. The number of carbonyl (C=O) groups is 2. The number of hydrogen-bond acceptors (Lipinski definition) is 3. The smallest absolute Gasteiger partial charge is 0.328 e. The minimum atomic E-state index is -0.437. The predicted octanol–water partition coefficient (Wildman–Crippen LogP) is 0.854. The van der Waals surface area contributed by atoms with E-state index in [1.165, 1.54) is 0 Å². The summed E-state index contributed by atoms with van der Waals surface area (Å²) in [5, 5.41) is 2.71. The second-order valence-electron chi connectivity index (χ2n) is 4.22. The first kappa shape index (κ1) is 11.0. The summed E-state index contributed by atoms with van der Waals surface area (Å²) in [7, 11) is 0. The molecule has 1 aliphatic rings. The van der Waals surface area contributed by atoms with Gasteiger partial charge in [0.15, 0.2) is 0 Å². The minimum absolute atomic E-state index is 0.0798. The van der Waals surface area contributed by atoms with Crippen molar-refractivity contribution < 1.29 is 14.3 Å². The maximum Gasteiger partial charge on any atom is 0.328 e. The molecule has 0 aliphatic carbocycles. The molecular formula is C10H17NO3. The van der Waals surface area contributed by atoms with Gasteiger partial charge in [-0.1, -0.05) is 20.8 Å². The van der Waals surface area contributed by atoms with Gasteiger partial charge in [-0.2, -0.15) is 0 Å². The zero-order valence-electron chi connectivity index (χ0n) is 8.92. The van der Waals surface area contributed by atoms with Gasteiger partial charge in [-0.05, 0) is 6.42 Å². The molecule has 1 rings (SSSR count). The number of hydrogen-bond donors (Lipinski definition) is 1. The average molecular weight is 199 g/mol. The van der Waals surface area contributed by atoms with Gasteiger partial charge < -0.3 is 10.1 Å². The fourth-order valence-corrected chi connectivity index (χ4v) is 1.14. The van der Waals surface area contributed by atoms with Gasteiger partial charge in [-0.3, -0.25) is 4.79 Å². The lowest BCUT2D eigenvalue weighted by atomic mass is 9.89. The van der Waals surface area contributed by atoms with Crippen molar-refractivity contribution in [3.05, 3.63) is 0 Å². The maximum atomic E-state index is 11.7. The van der Waals surface area contributed by atoms with Crippen LogP contribution in [0, 0.1) is 5.41 Å². The van der Waals surface area contributed by atoms with Crippen molar-refractivity contribution in [3.8, 4) is 0 Å². The topological polar surface area (TPSA) is 55.4 Å². The number of rotatable bonds is 3. The van der Waals surface area contributed by atoms with Crippen LogP contribution in [0.15, 0.2) is 0 Å². The van der Waals surface area contributed by atoms with E-state index >= 15 is 0 Å². The van der Waals surface area contributed by atoms with Gasteiger partial charge in [-0.25, -0.2) is 4.79 Å². The molecule has 80 valence electrons. The predicted molar refractivity (Wildman–Crippen MR) is 51.6 cm³/mol. The Morgan fingerprint density at radius 2 is 2.29 bits per heavy atom. The number of ether oxygens (including phenoxy) is 1. The molecule has 4 heteroatoms. The molecule has 1 aliphatic heterocycles. The van der Waals surface area contributed by atoms with Crippen LogP contribution in [0.2, 0.25) is 0 Å². The highest BCUT2D eigenvalue weighted by Gasteiger charge is 2.33. The van der Waals surface area contributed by atoms with Crippen LogP contribution in [0.3, 0.4) is 0 Å². The van der Waals surface area contributed by atoms with Crippen LogP contribution in [0.4, 0.5) is 0 Å². The van der Waals surface area contributed by atoms with Gasteiger partial charge in [0.2, 0.25) is 5.91 Å². The lowest BCUT2D eigenvalue weighted by molar-refractivity contribution is -0.142. The summed E-state index contributed by atoms with van der Waals surface area (Å²) in [6.45, 7) is 6.09. The fourth-order valence-electron chi connectivity index (χ4n) is 1.14. The van der Waals surface area contributed by atoms with E-state index in [1.54, 1.807) is 0 Å². The molecule has 4 nitrogen and oxygen atoms in total. The third kappa shape index (κ3) is 2.25. The summed E-state index contributed by atoms with van der Waals surface area (Å²) in [6.07, 6.45) is 1.34. The fraction of sp³-hybridized carbons (Fsp3) is 0.800. The van der Waals surface area contributed by atoms with Crippen LogP contribution in [0.1, 0.15) is 33.6 Å². The SMILES string of the molecule is CCC(C)(C)C(=O)N[C@H]1CCOC1=O. The van der Waals surface area contributed by atoms with Gasteiger partial charge in [0.25, 0.3) is 0 Å². The molecule has 0 spiro atoms. The number of nitrogens with one attached hydrogen (secondary N) is 1. The highest BCUT2D eigenvalue weighted by molar-refractivity contribution is 5.88. The summed E-state index contributed by atoms with van der Waals surface area (Å²) in [4.78, 5) is 22.8. The quantitative estimate of drug-likeness (QED) is 0.686. The van der Waals surface area contributed by atoms with Crippen LogP contribution in [0.25, 0.3) is 0 Å². The number of carbonyl (C=O) groups excluding carboxylic acids is 2. The van der Waals surface area contributed by atoms with Crippen molar-refractivity contribution in [1.82, 2.24) is 5.32 Å². The first-order valence-corrected chi connectivity index (χ1v) is 4.95. The largest absolute Gasteiger partial charge is 0.464 e. The lowest BCUT2D eigenvalue weighted by Gasteiger charge is -2.22. The number of amides is 1. The van der Waals surface area contributed by atoms with Crippen LogP contribution in [0.5, 0.6) is 0 Å². The average Bonchev–Trinajstić information content (AvgIpc) is 2.52. The molecule has 1 atom stereocenters. The van der Waals surface area contributed by atoms with Crippen molar-refractivity contribution in [2.45, 2.75) is 39.7 Å². The third-order valence-corrected chi connectivity index (χ3v) is 2.74. The Kier molecular flexibility index (Phi) is 3.13. The minimum Gasteiger partial charge on any atom is -0.464 e. The molecule has 1 saturated heterocycles. The first-order valence-electron chi connectivity index (χ1n) is 4.95. The monoisotopic (exact) mass is 199 g/mol. The molecule has 0 aromatic carbocycles. The zero-order valence-corrected chi connectivity index (χ0v) is 8.92. The summed E-state index contributed by atoms with van der Waals surface area (Å²) in [6, 6.07) is -0.437.